The van der Waals surface area contributed by atoms with Crippen LogP contribution in [0.1, 0.15) is 56.8 Å². The van der Waals surface area contributed by atoms with Gasteiger partial charge in [0.25, 0.3) is 0 Å². The summed E-state index contributed by atoms with van der Waals surface area (Å²) in [7, 11) is 0. The molecule has 2 fully saturated rings. The second kappa shape index (κ2) is 7.52. The summed E-state index contributed by atoms with van der Waals surface area (Å²) >= 11 is 0. The van der Waals surface area contributed by atoms with Crippen LogP contribution in [0.25, 0.3) is 0 Å². The lowest BCUT2D eigenvalue weighted by atomic mass is 9.92. The molecule has 0 aromatic carbocycles. The van der Waals surface area contributed by atoms with Crippen LogP contribution >= 0.6 is 0 Å². The van der Waals surface area contributed by atoms with Gasteiger partial charge in [-0.15, -0.1) is 0 Å². The zero-order valence-electron chi connectivity index (χ0n) is 17.1. The zero-order chi connectivity index (χ0) is 20.6. The van der Waals surface area contributed by atoms with E-state index in [1.54, 1.807) is 6.07 Å². The Kier molecular flexibility index (Phi) is 5.04. The van der Waals surface area contributed by atoms with E-state index in [9.17, 15) is 10.1 Å². The summed E-state index contributed by atoms with van der Waals surface area (Å²) in [6.45, 7) is 9.13. The first-order valence-electron chi connectivity index (χ1n) is 9.98. The number of carbonyl (C=O) groups excluding carboxylic acids is 1. The molecule has 4 rings (SSSR count). The Morgan fingerprint density at radius 1 is 1.31 bits per heavy atom. The molecule has 2 aromatic heterocycles. The van der Waals surface area contributed by atoms with Crippen molar-refractivity contribution in [1.29, 1.82) is 5.26 Å². The van der Waals surface area contributed by atoms with E-state index < -0.39 is 0 Å². The van der Waals surface area contributed by atoms with Crippen LogP contribution in [0.4, 0.5) is 11.8 Å². The van der Waals surface area contributed by atoms with E-state index in [0.717, 1.165) is 18.5 Å². The number of nitrogens with one attached hydrogen (secondary N) is 1. The maximum absolute atomic E-state index is 12.4. The van der Waals surface area contributed by atoms with Crippen molar-refractivity contribution in [2.75, 3.05) is 42.9 Å². The van der Waals surface area contributed by atoms with Gasteiger partial charge in [-0.1, -0.05) is 25.9 Å². The predicted octanol–water partition coefficient (Wildman–Crippen LogP) is 2.47. The lowest BCUT2D eigenvalue weighted by molar-refractivity contribution is -0.117. The predicted molar refractivity (Wildman–Crippen MR) is 106 cm³/mol. The van der Waals surface area contributed by atoms with Crippen LogP contribution in [0.3, 0.4) is 0 Å². The Hall–Kier alpha value is -2.86. The van der Waals surface area contributed by atoms with Crippen LogP contribution < -0.4 is 10.2 Å². The number of piperazine rings is 1. The number of amides is 1. The van der Waals surface area contributed by atoms with Crippen LogP contribution in [0, 0.1) is 11.3 Å². The van der Waals surface area contributed by atoms with Crippen LogP contribution in [0.5, 0.6) is 0 Å². The van der Waals surface area contributed by atoms with Crippen molar-refractivity contribution < 1.29 is 13.7 Å². The number of nitriles is 1. The molecule has 1 aliphatic carbocycles. The van der Waals surface area contributed by atoms with E-state index in [1.165, 1.54) is 0 Å². The van der Waals surface area contributed by atoms with E-state index >= 15 is 0 Å². The SMILES string of the molecule is CC(C)(C)c1cc(NC(=O)CN2CCN(c3oc(C4CC4)nc3C#N)CC2)on1. The first-order chi connectivity index (χ1) is 13.8. The van der Waals surface area contributed by atoms with Gasteiger partial charge in [0.05, 0.1) is 12.2 Å². The Labute approximate surface area is 169 Å². The summed E-state index contributed by atoms with van der Waals surface area (Å²) in [6.07, 6.45) is 2.16. The molecule has 9 nitrogen and oxygen atoms in total. The molecule has 0 atom stereocenters. The van der Waals surface area contributed by atoms with Crippen LogP contribution in [0.15, 0.2) is 15.0 Å². The van der Waals surface area contributed by atoms with Crippen molar-refractivity contribution in [3.8, 4) is 6.07 Å². The average molecular weight is 398 g/mol. The van der Waals surface area contributed by atoms with Gasteiger partial charge >= 0.3 is 0 Å². The maximum atomic E-state index is 12.4. The molecule has 2 aliphatic rings. The van der Waals surface area contributed by atoms with Gasteiger partial charge in [-0.05, 0) is 12.8 Å². The Balaban J connectivity index is 1.29. The third-order valence-electron chi connectivity index (χ3n) is 5.23. The minimum absolute atomic E-state index is 0.134. The fourth-order valence-electron chi connectivity index (χ4n) is 3.30. The van der Waals surface area contributed by atoms with Crippen molar-refractivity contribution in [3.63, 3.8) is 0 Å². The van der Waals surface area contributed by atoms with E-state index in [4.69, 9.17) is 8.94 Å². The van der Waals surface area contributed by atoms with Crippen molar-refractivity contribution in [3.05, 3.63) is 23.3 Å². The van der Waals surface area contributed by atoms with Crippen LogP contribution in [-0.4, -0.2) is 53.7 Å². The highest BCUT2D eigenvalue weighted by Crippen LogP contribution is 2.41. The highest BCUT2D eigenvalue weighted by molar-refractivity contribution is 5.91. The molecule has 1 saturated carbocycles. The van der Waals surface area contributed by atoms with Crippen LogP contribution in [0.2, 0.25) is 0 Å². The first-order valence-corrected chi connectivity index (χ1v) is 9.98. The number of oxazole rings is 1. The summed E-state index contributed by atoms with van der Waals surface area (Å²) in [5.41, 5.74) is 1.02. The molecular weight excluding hydrogens is 372 g/mol. The van der Waals surface area contributed by atoms with Crippen molar-refractivity contribution in [2.45, 2.75) is 44.9 Å². The van der Waals surface area contributed by atoms with Gasteiger partial charge in [-0.2, -0.15) is 5.26 Å². The van der Waals surface area contributed by atoms with E-state index in [0.29, 0.717) is 55.4 Å². The monoisotopic (exact) mass is 398 g/mol. The lowest BCUT2D eigenvalue weighted by Crippen LogP contribution is -2.48. The topological polar surface area (TPSA) is 111 Å². The third kappa shape index (κ3) is 4.43. The Morgan fingerprint density at radius 3 is 2.62 bits per heavy atom. The lowest BCUT2D eigenvalue weighted by Gasteiger charge is -2.33. The third-order valence-corrected chi connectivity index (χ3v) is 5.23. The van der Waals surface area contributed by atoms with Gasteiger partial charge < -0.3 is 13.8 Å². The standard InChI is InChI=1S/C20H26N6O3/c1-20(2,3)15-10-17(29-24-15)23-16(27)12-25-6-8-26(9-7-25)19-14(11-21)22-18(28-19)13-4-5-13/h10,13H,4-9,12H2,1-3H3,(H,23,27). The molecule has 1 aliphatic heterocycles. The Bertz CT molecular complexity index is 923. The van der Waals surface area contributed by atoms with Gasteiger partial charge in [-0.25, -0.2) is 4.98 Å². The van der Waals surface area contributed by atoms with Gasteiger partial charge in [0, 0.05) is 43.6 Å². The largest absolute Gasteiger partial charge is 0.423 e. The molecule has 1 saturated heterocycles. The van der Waals surface area contributed by atoms with Crippen molar-refractivity contribution in [1.82, 2.24) is 15.0 Å². The molecule has 3 heterocycles. The molecule has 0 unspecified atom stereocenters. The first kappa shape index (κ1) is 19.5. The van der Waals surface area contributed by atoms with Gasteiger partial charge in [0.2, 0.25) is 29.3 Å². The fourth-order valence-corrected chi connectivity index (χ4v) is 3.30. The summed E-state index contributed by atoms with van der Waals surface area (Å²) in [4.78, 5) is 20.8. The van der Waals surface area contributed by atoms with E-state index in [1.807, 2.05) is 25.7 Å². The number of anilines is 2. The molecule has 9 heteroatoms. The van der Waals surface area contributed by atoms with E-state index in [2.05, 4.69) is 26.4 Å². The minimum Gasteiger partial charge on any atom is -0.423 e. The second-order valence-corrected chi connectivity index (χ2v) is 8.73. The number of hydrogen-bond acceptors (Lipinski definition) is 8. The van der Waals surface area contributed by atoms with Gasteiger partial charge in [0.15, 0.2) is 0 Å². The molecule has 0 spiro atoms. The summed E-state index contributed by atoms with van der Waals surface area (Å²) in [5, 5.41) is 16.1. The van der Waals surface area contributed by atoms with Crippen LogP contribution in [-0.2, 0) is 10.2 Å². The van der Waals surface area contributed by atoms with Crippen molar-refractivity contribution >= 4 is 17.7 Å². The molecule has 1 N–H and O–H groups in total. The molecule has 0 radical (unpaired) electrons. The molecular formula is C20H26N6O3. The molecule has 154 valence electrons. The second-order valence-electron chi connectivity index (χ2n) is 8.73. The molecule has 29 heavy (non-hydrogen) atoms. The number of aromatic nitrogens is 2. The Morgan fingerprint density at radius 2 is 2.03 bits per heavy atom. The average Bonchev–Trinajstić information content (AvgIpc) is 3.25. The number of rotatable bonds is 5. The van der Waals surface area contributed by atoms with E-state index in [-0.39, 0.29) is 17.9 Å². The quantitative estimate of drug-likeness (QED) is 0.817. The van der Waals surface area contributed by atoms with Gasteiger partial charge in [0.1, 0.15) is 6.07 Å². The zero-order valence-corrected chi connectivity index (χ0v) is 17.1. The number of nitrogens with zero attached hydrogens (tertiary/aromatic N) is 5. The molecule has 2 aromatic rings. The highest BCUT2D eigenvalue weighted by atomic mass is 16.5. The minimum atomic E-state index is -0.136. The van der Waals surface area contributed by atoms with Gasteiger partial charge in [-0.3, -0.25) is 15.0 Å². The summed E-state index contributed by atoms with van der Waals surface area (Å²) in [5.74, 6) is 1.85. The normalized spacial score (nSPS) is 17.9. The fraction of sp³-hybridized carbons (Fsp3) is 0.600. The summed E-state index contributed by atoms with van der Waals surface area (Å²) in [6, 6.07) is 3.90. The number of hydrogen-bond donors (Lipinski definition) is 1. The molecule has 0 bridgehead atoms. The van der Waals surface area contributed by atoms with Crippen molar-refractivity contribution in [2.24, 2.45) is 0 Å². The number of carbonyl (C=O) groups is 1. The smallest absolute Gasteiger partial charge is 0.240 e. The highest BCUT2D eigenvalue weighted by Gasteiger charge is 2.32. The molecule has 1 amide bonds. The summed E-state index contributed by atoms with van der Waals surface area (Å²) < 4.78 is 11.1. The maximum Gasteiger partial charge on any atom is 0.240 e.